The van der Waals surface area contributed by atoms with E-state index in [4.69, 9.17) is 0 Å². The summed E-state index contributed by atoms with van der Waals surface area (Å²) in [5.41, 5.74) is 2.10. The Bertz CT molecular complexity index is 407. The molecule has 19 heavy (non-hydrogen) atoms. The van der Waals surface area contributed by atoms with Gasteiger partial charge in [0.25, 0.3) is 0 Å². The second-order valence-electron chi connectivity index (χ2n) is 6.81. The molecule has 1 spiro atoms. The predicted octanol–water partition coefficient (Wildman–Crippen LogP) is 2.82. The molecule has 2 saturated heterocycles. The average molecular weight is 258 g/mol. The third-order valence-electron chi connectivity index (χ3n) is 5.14. The number of likely N-dealkylation sites (N-methyl/N-ethyl adjacent to an activating group) is 1. The first-order chi connectivity index (χ1) is 9.17. The molecule has 0 amide bonds. The molecule has 0 aromatic heterocycles. The van der Waals surface area contributed by atoms with Crippen molar-refractivity contribution in [2.24, 2.45) is 5.41 Å². The number of hydrogen-bond donors (Lipinski definition) is 0. The zero-order valence-electron chi connectivity index (χ0n) is 12.3. The maximum absolute atomic E-state index is 2.56. The van der Waals surface area contributed by atoms with Gasteiger partial charge in [-0.2, -0.15) is 0 Å². The highest BCUT2D eigenvalue weighted by atomic mass is 15.1. The number of nitrogens with zero attached hydrogens (tertiary/aromatic N) is 2. The zero-order valence-corrected chi connectivity index (χ0v) is 12.3. The Morgan fingerprint density at radius 1 is 1.00 bits per heavy atom. The SMILES string of the molecule is CN1CCC2(CC1)C[C@@H](c1ccccc1)CN(C)C2. The molecule has 0 radical (unpaired) electrons. The van der Waals surface area contributed by atoms with Crippen LogP contribution in [0.1, 0.15) is 30.7 Å². The molecule has 2 heterocycles. The number of rotatable bonds is 1. The Kier molecular flexibility index (Phi) is 3.64. The molecule has 1 aromatic carbocycles. The normalized spacial score (nSPS) is 28.6. The van der Waals surface area contributed by atoms with E-state index < -0.39 is 0 Å². The minimum absolute atomic E-state index is 0.569. The summed E-state index contributed by atoms with van der Waals surface area (Å²) < 4.78 is 0. The molecule has 3 rings (SSSR count). The summed E-state index contributed by atoms with van der Waals surface area (Å²) in [6.07, 6.45) is 4.13. The monoisotopic (exact) mass is 258 g/mol. The summed E-state index contributed by atoms with van der Waals surface area (Å²) in [7, 11) is 4.56. The van der Waals surface area contributed by atoms with Gasteiger partial charge >= 0.3 is 0 Å². The van der Waals surface area contributed by atoms with E-state index in [0.29, 0.717) is 5.41 Å². The van der Waals surface area contributed by atoms with Gasteiger partial charge in [-0.15, -0.1) is 0 Å². The van der Waals surface area contributed by atoms with Crippen LogP contribution in [0.5, 0.6) is 0 Å². The van der Waals surface area contributed by atoms with Crippen LogP contribution in [-0.4, -0.2) is 50.1 Å². The van der Waals surface area contributed by atoms with Crippen molar-refractivity contribution in [2.45, 2.75) is 25.2 Å². The molecule has 2 nitrogen and oxygen atoms in total. The first kappa shape index (κ1) is 13.1. The van der Waals surface area contributed by atoms with Crippen molar-refractivity contribution in [3.8, 4) is 0 Å². The average Bonchev–Trinajstić information content (AvgIpc) is 2.43. The summed E-state index contributed by atoms with van der Waals surface area (Å²) in [6, 6.07) is 11.1. The number of hydrogen-bond acceptors (Lipinski definition) is 2. The summed E-state index contributed by atoms with van der Waals surface area (Å²) in [5, 5.41) is 0. The van der Waals surface area contributed by atoms with Gasteiger partial charge in [-0.25, -0.2) is 0 Å². The first-order valence-electron chi connectivity index (χ1n) is 7.59. The Morgan fingerprint density at radius 2 is 1.68 bits per heavy atom. The van der Waals surface area contributed by atoms with E-state index in [-0.39, 0.29) is 0 Å². The van der Waals surface area contributed by atoms with Gasteiger partial charge in [0.1, 0.15) is 0 Å². The van der Waals surface area contributed by atoms with E-state index in [1.807, 2.05) is 0 Å². The minimum Gasteiger partial charge on any atom is -0.306 e. The van der Waals surface area contributed by atoms with Gasteiger partial charge in [-0.1, -0.05) is 30.3 Å². The molecule has 2 heteroatoms. The second-order valence-corrected chi connectivity index (χ2v) is 6.81. The molecule has 2 fully saturated rings. The molecule has 1 aromatic rings. The van der Waals surface area contributed by atoms with Gasteiger partial charge < -0.3 is 9.80 Å². The summed E-state index contributed by atoms with van der Waals surface area (Å²) in [5.74, 6) is 0.725. The summed E-state index contributed by atoms with van der Waals surface area (Å²) >= 11 is 0. The lowest BCUT2D eigenvalue weighted by atomic mass is 9.68. The van der Waals surface area contributed by atoms with Crippen molar-refractivity contribution in [3.63, 3.8) is 0 Å². The molecule has 104 valence electrons. The molecular weight excluding hydrogens is 232 g/mol. The molecular formula is C17H26N2. The maximum atomic E-state index is 2.56. The lowest BCUT2D eigenvalue weighted by molar-refractivity contribution is 0.0315. The number of piperidine rings is 2. The van der Waals surface area contributed by atoms with Crippen molar-refractivity contribution in [1.29, 1.82) is 0 Å². The van der Waals surface area contributed by atoms with E-state index in [0.717, 1.165) is 5.92 Å². The second kappa shape index (κ2) is 5.26. The Hall–Kier alpha value is -0.860. The molecule has 2 aliphatic heterocycles. The molecule has 0 saturated carbocycles. The Balaban J connectivity index is 1.77. The van der Waals surface area contributed by atoms with Crippen molar-refractivity contribution in [3.05, 3.63) is 35.9 Å². The summed E-state index contributed by atoms with van der Waals surface area (Å²) in [6.45, 7) is 5.07. The highest BCUT2D eigenvalue weighted by Crippen LogP contribution is 2.44. The quantitative estimate of drug-likeness (QED) is 0.764. The zero-order chi connectivity index (χ0) is 13.3. The maximum Gasteiger partial charge on any atom is 0.00477 e. The van der Waals surface area contributed by atoms with Crippen LogP contribution in [0.3, 0.4) is 0 Å². The van der Waals surface area contributed by atoms with E-state index in [2.05, 4.69) is 54.2 Å². The van der Waals surface area contributed by atoms with Crippen LogP contribution in [0.15, 0.2) is 30.3 Å². The van der Waals surface area contributed by atoms with Gasteiger partial charge in [-0.3, -0.25) is 0 Å². The van der Waals surface area contributed by atoms with Crippen molar-refractivity contribution < 1.29 is 0 Å². The Labute approximate surface area is 117 Å². The summed E-state index contributed by atoms with van der Waals surface area (Å²) in [4.78, 5) is 5.05. The lowest BCUT2D eigenvalue weighted by Crippen LogP contribution is -2.49. The van der Waals surface area contributed by atoms with Crippen molar-refractivity contribution in [1.82, 2.24) is 9.80 Å². The first-order valence-corrected chi connectivity index (χ1v) is 7.59. The molecule has 0 unspecified atom stereocenters. The van der Waals surface area contributed by atoms with Gasteiger partial charge in [0.05, 0.1) is 0 Å². The van der Waals surface area contributed by atoms with Crippen LogP contribution in [-0.2, 0) is 0 Å². The highest BCUT2D eigenvalue weighted by Gasteiger charge is 2.40. The van der Waals surface area contributed by atoms with Crippen LogP contribution in [0.2, 0.25) is 0 Å². The van der Waals surface area contributed by atoms with Crippen LogP contribution < -0.4 is 0 Å². The van der Waals surface area contributed by atoms with Crippen LogP contribution in [0.25, 0.3) is 0 Å². The predicted molar refractivity (Wildman–Crippen MR) is 80.5 cm³/mol. The number of benzene rings is 1. The molecule has 0 N–H and O–H groups in total. The van der Waals surface area contributed by atoms with E-state index in [9.17, 15) is 0 Å². The smallest absolute Gasteiger partial charge is 0.00477 e. The molecule has 0 aliphatic carbocycles. The van der Waals surface area contributed by atoms with Crippen LogP contribution in [0, 0.1) is 5.41 Å². The van der Waals surface area contributed by atoms with E-state index >= 15 is 0 Å². The topological polar surface area (TPSA) is 6.48 Å². The largest absolute Gasteiger partial charge is 0.306 e. The highest BCUT2D eigenvalue weighted by molar-refractivity contribution is 5.21. The third-order valence-corrected chi connectivity index (χ3v) is 5.14. The van der Waals surface area contributed by atoms with Crippen LogP contribution >= 0.6 is 0 Å². The lowest BCUT2D eigenvalue weighted by Gasteiger charge is -2.49. The van der Waals surface area contributed by atoms with Crippen molar-refractivity contribution in [2.75, 3.05) is 40.3 Å². The van der Waals surface area contributed by atoms with E-state index in [1.54, 1.807) is 0 Å². The van der Waals surface area contributed by atoms with Crippen LogP contribution in [0.4, 0.5) is 0 Å². The van der Waals surface area contributed by atoms with Gasteiger partial charge in [0.15, 0.2) is 0 Å². The molecule has 1 atom stereocenters. The molecule has 0 bridgehead atoms. The fourth-order valence-electron chi connectivity index (χ4n) is 4.07. The van der Waals surface area contributed by atoms with Crippen molar-refractivity contribution >= 4 is 0 Å². The Morgan fingerprint density at radius 3 is 2.37 bits per heavy atom. The fourth-order valence-corrected chi connectivity index (χ4v) is 4.07. The van der Waals surface area contributed by atoms with E-state index in [1.165, 1.54) is 51.0 Å². The third kappa shape index (κ3) is 2.85. The standard InChI is InChI=1S/C17H26N2/c1-18-10-8-17(9-11-18)12-16(13-19(2)14-17)15-6-4-3-5-7-15/h3-7,16H,8-14H2,1-2H3/t16-/m1/s1. The number of likely N-dealkylation sites (tertiary alicyclic amines) is 2. The molecule has 2 aliphatic rings. The van der Waals surface area contributed by atoms with Gasteiger partial charge in [0.2, 0.25) is 0 Å². The fraction of sp³-hybridized carbons (Fsp3) is 0.647. The van der Waals surface area contributed by atoms with Gasteiger partial charge in [0, 0.05) is 13.1 Å². The van der Waals surface area contributed by atoms with Gasteiger partial charge in [-0.05, 0) is 63.3 Å². The minimum atomic E-state index is 0.569.